The lowest BCUT2D eigenvalue weighted by Gasteiger charge is -2.21. The first-order valence-electron chi connectivity index (χ1n) is 8.41. The van der Waals surface area contributed by atoms with Crippen LogP contribution in [0.4, 0.5) is 15.8 Å². The Morgan fingerprint density at radius 2 is 1.79 bits per heavy atom. The molecule has 29 heavy (non-hydrogen) atoms. The van der Waals surface area contributed by atoms with E-state index in [2.05, 4.69) is 15.7 Å². The van der Waals surface area contributed by atoms with Crippen molar-refractivity contribution in [2.24, 2.45) is 10.3 Å². The van der Waals surface area contributed by atoms with Crippen molar-refractivity contribution >= 4 is 52.3 Å². The van der Waals surface area contributed by atoms with E-state index in [1.807, 2.05) is 0 Å². The standard InChI is InChI=1S/C18H12Cl2FN5O3/c19-11-5-2-6-12(20)15(11)26-17(28)14-16(18(26)29)25(24-23-14)8-13(27)22-10-4-1-3-9(21)7-10/h1-7,14,16H,8H2,(H,22,27)/t14-,16+/m1/s1. The van der Waals surface area contributed by atoms with Gasteiger partial charge in [-0.25, -0.2) is 9.29 Å². The summed E-state index contributed by atoms with van der Waals surface area (Å²) in [5.41, 5.74) is 0.320. The fourth-order valence-corrected chi connectivity index (χ4v) is 3.76. The number of nitrogens with one attached hydrogen (secondary N) is 1. The molecule has 2 aromatic carbocycles. The van der Waals surface area contributed by atoms with Gasteiger partial charge in [0.25, 0.3) is 11.8 Å². The lowest BCUT2D eigenvalue weighted by atomic mass is 10.1. The molecule has 1 saturated heterocycles. The largest absolute Gasteiger partial charge is 0.324 e. The van der Waals surface area contributed by atoms with Crippen LogP contribution in [0.25, 0.3) is 0 Å². The van der Waals surface area contributed by atoms with Gasteiger partial charge in [0.2, 0.25) is 5.91 Å². The molecule has 2 atom stereocenters. The Bertz CT molecular complexity index is 1040. The lowest BCUT2D eigenvalue weighted by molar-refractivity contribution is -0.123. The molecule has 11 heteroatoms. The zero-order valence-electron chi connectivity index (χ0n) is 14.6. The Morgan fingerprint density at radius 3 is 2.48 bits per heavy atom. The molecule has 0 spiro atoms. The van der Waals surface area contributed by atoms with Crippen molar-refractivity contribution < 1.29 is 18.8 Å². The van der Waals surface area contributed by atoms with E-state index < -0.39 is 35.6 Å². The monoisotopic (exact) mass is 435 g/mol. The molecule has 1 N–H and O–H groups in total. The van der Waals surface area contributed by atoms with Gasteiger partial charge >= 0.3 is 0 Å². The summed E-state index contributed by atoms with van der Waals surface area (Å²) in [6, 6.07) is 7.75. The molecule has 3 amide bonds. The van der Waals surface area contributed by atoms with Crippen molar-refractivity contribution in [3.8, 4) is 0 Å². The predicted molar refractivity (Wildman–Crippen MR) is 103 cm³/mol. The average molecular weight is 436 g/mol. The normalized spacial score (nSPS) is 20.4. The third-order valence-electron chi connectivity index (χ3n) is 4.43. The lowest BCUT2D eigenvalue weighted by Crippen LogP contribution is -2.43. The van der Waals surface area contributed by atoms with E-state index in [9.17, 15) is 18.8 Å². The number of carbonyl (C=O) groups excluding carboxylic acids is 3. The second-order valence-electron chi connectivity index (χ2n) is 6.33. The van der Waals surface area contributed by atoms with Crippen LogP contribution >= 0.6 is 23.2 Å². The van der Waals surface area contributed by atoms with Crippen molar-refractivity contribution in [2.75, 3.05) is 16.8 Å². The van der Waals surface area contributed by atoms with E-state index in [0.29, 0.717) is 0 Å². The molecule has 8 nitrogen and oxygen atoms in total. The van der Waals surface area contributed by atoms with Gasteiger partial charge in [-0.15, -0.1) is 0 Å². The summed E-state index contributed by atoms with van der Waals surface area (Å²) in [5, 5.41) is 11.5. The number of carbonyl (C=O) groups is 3. The zero-order chi connectivity index (χ0) is 20.7. The van der Waals surface area contributed by atoms with Crippen LogP contribution in [0.2, 0.25) is 10.0 Å². The second-order valence-corrected chi connectivity index (χ2v) is 7.15. The SMILES string of the molecule is O=C(CN1N=N[C@H]2C(=O)N(c3c(Cl)cccc3Cl)C(=O)[C@H]21)Nc1cccc(F)c1. The van der Waals surface area contributed by atoms with E-state index >= 15 is 0 Å². The first-order chi connectivity index (χ1) is 13.9. The van der Waals surface area contributed by atoms with Crippen LogP contribution in [0.5, 0.6) is 0 Å². The molecule has 1 fully saturated rings. The van der Waals surface area contributed by atoms with E-state index in [0.717, 1.165) is 16.0 Å². The van der Waals surface area contributed by atoms with Gasteiger partial charge in [0.15, 0.2) is 12.1 Å². The number of amides is 3. The highest BCUT2D eigenvalue weighted by Crippen LogP contribution is 2.39. The molecule has 0 saturated carbocycles. The number of para-hydroxylation sites is 1. The van der Waals surface area contributed by atoms with Gasteiger partial charge in [-0.3, -0.25) is 19.4 Å². The molecular weight excluding hydrogens is 424 g/mol. The van der Waals surface area contributed by atoms with Crippen molar-refractivity contribution in [2.45, 2.75) is 12.1 Å². The highest BCUT2D eigenvalue weighted by Gasteiger charge is 2.55. The molecule has 0 bridgehead atoms. The fraction of sp³-hybridized carbons (Fsp3) is 0.167. The predicted octanol–water partition coefficient (Wildman–Crippen LogP) is 3.06. The van der Waals surface area contributed by atoms with Crippen molar-refractivity contribution in [1.82, 2.24) is 5.01 Å². The number of halogens is 3. The molecule has 0 aliphatic carbocycles. The van der Waals surface area contributed by atoms with Gasteiger partial charge in [-0.05, 0) is 30.3 Å². The molecular formula is C18H12Cl2FN5O3. The molecule has 0 radical (unpaired) electrons. The van der Waals surface area contributed by atoms with Crippen LogP contribution in [0.1, 0.15) is 0 Å². The molecule has 0 unspecified atom stereocenters. The second kappa shape index (κ2) is 7.41. The number of rotatable bonds is 4. The van der Waals surface area contributed by atoms with Crippen LogP contribution in [0.15, 0.2) is 52.8 Å². The summed E-state index contributed by atoms with van der Waals surface area (Å²) in [5.74, 6) is -2.33. The van der Waals surface area contributed by atoms with Crippen LogP contribution in [-0.4, -0.2) is 41.4 Å². The molecule has 0 aromatic heterocycles. The number of hydrogen-bond acceptors (Lipinski definition) is 6. The first kappa shape index (κ1) is 19.3. The summed E-state index contributed by atoms with van der Waals surface area (Å²) < 4.78 is 13.3. The zero-order valence-corrected chi connectivity index (χ0v) is 16.1. The summed E-state index contributed by atoms with van der Waals surface area (Å²) in [6.45, 7) is -0.357. The highest BCUT2D eigenvalue weighted by molar-refractivity contribution is 6.42. The Morgan fingerprint density at radius 1 is 1.10 bits per heavy atom. The van der Waals surface area contributed by atoms with Crippen LogP contribution in [0, 0.1) is 5.82 Å². The van der Waals surface area contributed by atoms with Crippen LogP contribution in [-0.2, 0) is 14.4 Å². The number of hydrogen-bond donors (Lipinski definition) is 1. The maximum Gasteiger partial charge on any atom is 0.263 e. The van der Waals surface area contributed by atoms with Crippen molar-refractivity contribution in [1.29, 1.82) is 0 Å². The van der Waals surface area contributed by atoms with Crippen molar-refractivity contribution in [3.63, 3.8) is 0 Å². The van der Waals surface area contributed by atoms with Gasteiger partial charge < -0.3 is 5.32 Å². The average Bonchev–Trinajstić information content (AvgIpc) is 3.17. The van der Waals surface area contributed by atoms with Gasteiger partial charge in [0.1, 0.15) is 12.4 Å². The molecule has 2 aliphatic heterocycles. The van der Waals surface area contributed by atoms with Crippen LogP contribution < -0.4 is 10.2 Å². The Balaban J connectivity index is 1.53. The number of anilines is 2. The van der Waals surface area contributed by atoms with E-state index in [4.69, 9.17) is 23.2 Å². The number of fused-ring (bicyclic) bond motifs is 1. The molecule has 4 rings (SSSR count). The van der Waals surface area contributed by atoms with E-state index in [-0.39, 0.29) is 28.0 Å². The Kier molecular flexibility index (Phi) is 4.93. The minimum absolute atomic E-state index is 0.0691. The molecule has 2 heterocycles. The third-order valence-corrected chi connectivity index (χ3v) is 5.04. The molecule has 148 valence electrons. The topological polar surface area (TPSA) is 94.4 Å². The molecule has 2 aromatic rings. The highest BCUT2D eigenvalue weighted by atomic mass is 35.5. The smallest absolute Gasteiger partial charge is 0.263 e. The number of benzene rings is 2. The minimum atomic E-state index is -1.10. The summed E-state index contributed by atoms with van der Waals surface area (Å²) in [7, 11) is 0. The van der Waals surface area contributed by atoms with E-state index in [1.165, 1.54) is 30.3 Å². The van der Waals surface area contributed by atoms with Gasteiger partial charge in [0, 0.05) is 5.69 Å². The summed E-state index contributed by atoms with van der Waals surface area (Å²) in [4.78, 5) is 38.8. The maximum absolute atomic E-state index is 13.3. The van der Waals surface area contributed by atoms with Gasteiger partial charge in [-0.2, -0.15) is 5.11 Å². The maximum atomic E-state index is 13.3. The van der Waals surface area contributed by atoms with Gasteiger partial charge in [-0.1, -0.05) is 40.6 Å². The fourth-order valence-electron chi connectivity index (χ4n) is 3.19. The molecule has 2 aliphatic rings. The van der Waals surface area contributed by atoms with E-state index in [1.54, 1.807) is 6.07 Å². The third kappa shape index (κ3) is 3.43. The minimum Gasteiger partial charge on any atom is -0.324 e. The summed E-state index contributed by atoms with van der Waals surface area (Å²) in [6.07, 6.45) is 0. The van der Waals surface area contributed by atoms with Crippen molar-refractivity contribution in [3.05, 3.63) is 58.3 Å². The Labute approximate surface area is 173 Å². The number of imide groups is 1. The quantitative estimate of drug-likeness (QED) is 0.746. The first-order valence-corrected chi connectivity index (χ1v) is 9.17. The Hall–Kier alpha value is -3.04. The summed E-state index contributed by atoms with van der Waals surface area (Å²) >= 11 is 12.3. The number of nitrogens with zero attached hydrogens (tertiary/aromatic N) is 4. The van der Waals surface area contributed by atoms with Gasteiger partial charge in [0.05, 0.1) is 15.7 Å². The van der Waals surface area contributed by atoms with Crippen LogP contribution in [0.3, 0.4) is 0 Å².